The molecule has 1 saturated heterocycles. The molecule has 0 spiro atoms. The molecule has 1 heterocycles. The van der Waals surface area contributed by atoms with Gasteiger partial charge in [-0.2, -0.15) is 0 Å². The lowest BCUT2D eigenvalue weighted by Gasteiger charge is -2.50. The van der Waals surface area contributed by atoms with Crippen LogP contribution in [-0.2, 0) is 25.6 Å². The molecule has 5 atom stereocenters. The summed E-state index contributed by atoms with van der Waals surface area (Å²) in [6, 6.07) is 0.0624. The minimum absolute atomic E-state index is 0.0107. The zero-order valence-electron chi connectivity index (χ0n) is 27.5. The summed E-state index contributed by atoms with van der Waals surface area (Å²) in [6.07, 6.45) is 1.64. The standard InChI is InChI=1S/C33H45N5O8/c1-32(2,3)14-38-10-8-9-19(38)31(45)35-18-13-20(36(4)5)16-11-15-12-17-24(37(6)7)27(41)23(30(34)44)29(43)33(17,46)28(42)21(15)26(40)22(16)25(18)39/h13,15,17,19,24,39-40,43,46H,8-12,14H2,1-7H3,(H2,34,44)(H,35,45)/t15-,17-,19?,24-,33-/m0/s1. The maximum absolute atomic E-state index is 14.2. The number of nitrogens with two attached hydrogens (primary N) is 1. The highest BCUT2D eigenvalue weighted by Gasteiger charge is 2.64. The quantitative estimate of drug-likeness (QED) is 0.195. The first kappa shape index (κ1) is 33.4. The number of amides is 2. The fourth-order valence-electron chi connectivity index (χ4n) is 7.92. The van der Waals surface area contributed by atoms with Crippen LogP contribution in [0.2, 0.25) is 0 Å². The number of nitrogens with one attached hydrogen (secondary N) is 1. The Labute approximate surface area is 268 Å². The van der Waals surface area contributed by atoms with Crippen molar-refractivity contribution >= 4 is 40.5 Å². The third-order valence-electron chi connectivity index (χ3n) is 9.78. The molecule has 7 N–H and O–H groups in total. The molecule has 1 aliphatic heterocycles. The van der Waals surface area contributed by atoms with Crippen molar-refractivity contribution in [2.24, 2.45) is 23.0 Å². The number of likely N-dealkylation sites (N-methyl/N-ethyl adjacent to an activating group) is 1. The van der Waals surface area contributed by atoms with E-state index in [1.54, 1.807) is 39.2 Å². The van der Waals surface area contributed by atoms with E-state index in [9.17, 15) is 39.6 Å². The molecule has 250 valence electrons. The van der Waals surface area contributed by atoms with E-state index in [0.29, 0.717) is 24.2 Å². The Morgan fingerprint density at radius 2 is 1.78 bits per heavy atom. The third-order valence-corrected chi connectivity index (χ3v) is 9.78. The maximum atomic E-state index is 14.2. The van der Waals surface area contributed by atoms with Gasteiger partial charge in [0.15, 0.2) is 11.4 Å². The van der Waals surface area contributed by atoms with E-state index in [0.717, 1.165) is 13.0 Å². The van der Waals surface area contributed by atoms with Crippen LogP contribution in [0, 0.1) is 17.3 Å². The van der Waals surface area contributed by atoms with Crippen LogP contribution < -0.4 is 16.0 Å². The van der Waals surface area contributed by atoms with Crippen LogP contribution in [0.3, 0.4) is 0 Å². The number of benzene rings is 1. The molecular weight excluding hydrogens is 594 g/mol. The number of ketones is 2. The zero-order chi connectivity index (χ0) is 34.2. The van der Waals surface area contributed by atoms with Crippen LogP contribution >= 0.6 is 0 Å². The number of aromatic hydroxyl groups is 1. The number of nitrogens with zero attached hydrogens (tertiary/aromatic N) is 3. The molecule has 46 heavy (non-hydrogen) atoms. The van der Waals surface area contributed by atoms with Crippen LogP contribution in [0.15, 0.2) is 23.0 Å². The van der Waals surface area contributed by atoms with Gasteiger partial charge in [-0.15, -0.1) is 0 Å². The Morgan fingerprint density at radius 1 is 1.13 bits per heavy atom. The third kappa shape index (κ3) is 5.14. The Hall–Kier alpha value is -3.94. The first-order valence-corrected chi connectivity index (χ1v) is 15.6. The lowest BCUT2D eigenvalue weighted by molar-refractivity contribution is -0.153. The van der Waals surface area contributed by atoms with Crippen LogP contribution in [0.25, 0.3) is 5.76 Å². The Bertz CT molecular complexity index is 1590. The number of hydrogen-bond acceptors (Lipinski definition) is 11. The number of Topliss-reactive ketones (excluding diaryl/α,β-unsaturated/α-hetero) is 2. The highest BCUT2D eigenvalue weighted by molar-refractivity contribution is 6.24. The van der Waals surface area contributed by atoms with Crippen molar-refractivity contribution in [1.82, 2.24) is 9.80 Å². The number of aliphatic hydroxyl groups excluding tert-OH is 2. The van der Waals surface area contributed by atoms with E-state index in [1.165, 1.54) is 4.90 Å². The molecule has 0 aromatic heterocycles. The minimum Gasteiger partial charge on any atom is -0.508 e. The number of primary amides is 1. The lowest BCUT2D eigenvalue weighted by atomic mass is 9.57. The summed E-state index contributed by atoms with van der Waals surface area (Å²) >= 11 is 0. The van der Waals surface area contributed by atoms with E-state index in [4.69, 9.17) is 5.73 Å². The van der Waals surface area contributed by atoms with Gasteiger partial charge in [0.1, 0.15) is 22.8 Å². The first-order valence-electron chi connectivity index (χ1n) is 15.6. The summed E-state index contributed by atoms with van der Waals surface area (Å²) < 4.78 is 0. The van der Waals surface area contributed by atoms with Gasteiger partial charge in [0.05, 0.1) is 23.3 Å². The molecule has 1 saturated carbocycles. The van der Waals surface area contributed by atoms with Gasteiger partial charge in [-0.25, -0.2) is 0 Å². The molecule has 3 aliphatic carbocycles. The summed E-state index contributed by atoms with van der Waals surface area (Å²) in [5.41, 5.74) is 2.62. The molecule has 0 radical (unpaired) electrons. The molecular formula is C33H45N5O8. The highest BCUT2D eigenvalue weighted by Crippen LogP contribution is 2.54. The SMILES string of the molecule is CN(C)c1cc(NC(=O)C2CCCN2CC(C)(C)C)c(O)c2c1C[C@H]1C[C@H]3[C@H](N(C)C)C(=O)C(C(N)=O)=C(O)[C@@]3(O)C(=O)C1=C2O. The van der Waals surface area contributed by atoms with Crippen molar-refractivity contribution in [2.45, 2.75) is 64.1 Å². The zero-order valence-corrected chi connectivity index (χ0v) is 27.5. The van der Waals surface area contributed by atoms with E-state index in [2.05, 4.69) is 31.0 Å². The summed E-state index contributed by atoms with van der Waals surface area (Å²) in [4.78, 5) is 58.7. The number of phenols is 1. The van der Waals surface area contributed by atoms with E-state index in [1.807, 2.05) is 0 Å². The summed E-state index contributed by atoms with van der Waals surface area (Å²) in [6.45, 7) is 7.79. The second kappa shape index (κ2) is 11.4. The van der Waals surface area contributed by atoms with E-state index >= 15 is 0 Å². The molecule has 1 unspecified atom stereocenters. The number of carbonyl (C=O) groups excluding carboxylic acids is 4. The minimum atomic E-state index is -2.73. The highest BCUT2D eigenvalue weighted by atomic mass is 16.3. The van der Waals surface area contributed by atoms with Crippen LogP contribution in [0.5, 0.6) is 5.75 Å². The Kier molecular flexibility index (Phi) is 8.28. The van der Waals surface area contributed by atoms with Gasteiger partial charge in [0.2, 0.25) is 11.7 Å². The Morgan fingerprint density at radius 3 is 2.35 bits per heavy atom. The smallest absolute Gasteiger partial charge is 0.255 e. The van der Waals surface area contributed by atoms with Gasteiger partial charge >= 0.3 is 0 Å². The average Bonchev–Trinajstić information content (AvgIpc) is 3.38. The van der Waals surface area contributed by atoms with Crippen LogP contribution in [0.4, 0.5) is 11.4 Å². The predicted molar refractivity (Wildman–Crippen MR) is 171 cm³/mol. The number of phenolic OH excluding ortho intramolecular Hbond substituents is 1. The number of likely N-dealkylation sites (tertiary alicyclic amines) is 1. The number of rotatable bonds is 6. The lowest BCUT2D eigenvalue weighted by Crippen LogP contribution is -2.65. The van der Waals surface area contributed by atoms with Crippen molar-refractivity contribution < 1.29 is 39.6 Å². The molecule has 2 amide bonds. The number of hydrogen-bond donors (Lipinski definition) is 6. The van der Waals surface area contributed by atoms with Gasteiger partial charge in [0, 0.05) is 37.8 Å². The molecule has 0 bridgehead atoms. The van der Waals surface area contributed by atoms with Crippen molar-refractivity contribution in [1.29, 1.82) is 0 Å². The topological polar surface area (TPSA) is 197 Å². The Balaban J connectivity index is 1.62. The number of fused-ring (bicyclic) bond motifs is 3. The number of aliphatic hydroxyl groups is 3. The van der Waals surface area contributed by atoms with Crippen molar-refractivity contribution in [3.05, 3.63) is 34.1 Å². The largest absolute Gasteiger partial charge is 0.508 e. The van der Waals surface area contributed by atoms with Gasteiger partial charge < -0.3 is 36.4 Å². The summed E-state index contributed by atoms with van der Waals surface area (Å²) in [5.74, 6) is -7.54. The monoisotopic (exact) mass is 639 g/mol. The van der Waals surface area contributed by atoms with Crippen LogP contribution in [-0.4, -0.2) is 113 Å². The fourth-order valence-corrected chi connectivity index (χ4v) is 7.92. The second-order valence-corrected chi connectivity index (χ2v) is 14.7. The molecule has 4 aliphatic rings. The summed E-state index contributed by atoms with van der Waals surface area (Å²) in [7, 11) is 6.66. The van der Waals surface area contributed by atoms with Gasteiger partial charge in [-0.1, -0.05) is 20.8 Å². The number of anilines is 2. The molecule has 1 aromatic rings. The second-order valence-electron chi connectivity index (χ2n) is 14.7. The van der Waals surface area contributed by atoms with Crippen molar-refractivity contribution in [3.63, 3.8) is 0 Å². The maximum Gasteiger partial charge on any atom is 0.255 e. The van der Waals surface area contributed by atoms with Crippen LogP contribution in [0.1, 0.15) is 51.2 Å². The fraction of sp³-hybridized carbons (Fsp3) is 0.576. The van der Waals surface area contributed by atoms with Gasteiger partial charge in [-0.05, 0) is 69.3 Å². The molecule has 13 nitrogen and oxygen atoms in total. The average molecular weight is 640 g/mol. The first-order chi connectivity index (χ1) is 21.3. The summed E-state index contributed by atoms with van der Waals surface area (Å²) in [5, 5.41) is 49.1. The molecule has 13 heteroatoms. The molecule has 5 rings (SSSR count). The van der Waals surface area contributed by atoms with Gasteiger partial charge in [-0.3, -0.25) is 29.0 Å². The van der Waals surface area contributed by atoms with E-state index in [-0.39, 0.29) is 41.0 Å². The van der Waals surface area contributed by atoms with E-state index < -0.39 is 69.8 Å². The normalized spacial score (nSPS) is 28.3. The van der Waals surface area contributed by atoms with Crippen molar-refractivity contribution in [2.75, 3.05) is 51.5 Å². The predicted octanol–water partition coefficient (Wildman–Crippen LogP) is 1.48. The molecule has 1 aromatic carbocycles. The van der Waals surface area contributed by atoms with Gasteiger partial charge in [0.25, 0.3) is 5.91 Å². The molecule has 2 fully saturated rings. The number of carbonyl (C=O) groups is 4. The van der Waals surface area contributed by atoms with Crippen molar-refractivity contribution in [3.8, 4) is 5.75 Å².